The second kappa shape index (κ2) is 4.12. The van der Waals surface area contributed by atoms with Crippen LogP contribution in [0.2, 0.25) is 5.02 Å². The molecule has 0 saturated carbocycles. The molecule has 0 aliphatic carbocycles. The smallest absolute Gasteiger partial charge is 0.207 e. The molecule has 0 bridgehead atoms. The SMILES string of the molecule is [CH2]N(C)S(=O)(=O)c1cc(C)c(Cl)cc1C. The number of halogens is 1. The van der Waals surface area contributed by atoms with Gasteiger partial charge in [0.05, 0.1) is 4.90 Å². The Kier molecular flexibility index (Phi) is 3.43. The van der Waals surface area contributed by atoms with Crippen LogP contribution in [0.4, 0.5) is 0 Å². The van der Waals surface area contributed by atoms with Crippen LogP contribution in [0.25, 0.3) is 0 Å². The highest BCUT2D eigenvalue weighted by Gasteiger charge is 2.20. The van der Waals surface area contributed by atoms with Crippen molar-refractivity contribution in [2.24, 2.45) is 0 Å². The summed E-state index contributed by atoms with van der Waals surface area (Å²) in [5.41, 5.74) is 1.36. The van der Waals surface area contributed by atoms with E-state index in [9.17, 15) is 8.42 Å². The molecule has 15 heavy (non-hydrogen) atoms. The van der Waals surface area contributed by atoms with E-state index in [0.717, 1.165) is 9.87 Å². The summed E-state index contributed by atoms with van der Waals surface area (Å²) in [5.74, 6) is 0. The van der Waals surface area contributed by atoms with Crippen LogP contribution in [0, 0.1) is 20.9 Å². The number of aryl methyl sites for hydroxylation is 2. The molecule has 1 rings (SSSR count). The van der Waals surface area contributed by atoms with Crippen LogP contribution in [0.1, 0.15) is 11.1 Å². The van der Waals surface area contributed by atoms with Crippen LogP contribution in [0.15, 0.2) is 17.0 Å². The average Bonchev–Trinajstić information content (AvgIpc) is 2.10. The highest BCUT2D eigenvalue weighted by molar-refractivity contribution is 7.89. The van der Waals surface area contributed by atoms with Crippen molar-refractivity contribution in [2.45, 2.75) is 18.7 Å². The highest BCUT2D eigenvalue weighted by atomic mass is 35.5. The fourth-order valence-corrected chi connectivity index (χ4v) is 2.55. The molecule has 5 heteroatoms. The molecule has 0 aromatic heterocycles. The summed E-state index contributed by atoms with van der Waals surface area (Å²) in [6.07, 6.45) is 0. The van der Waals surface area contributed by atoms with Crippen LogP contribution in [-0.2, 0) is 10.0 Å². The van der Waals surface area contributed by atoms with Crippen LogP contribution in [-0.4, -0.2) is 19.8 Å². The zero-order valence-corrected chi connectivity index (χ0v) is 10.5. The number of benzene rings is 1. The summed E-state index contributed by atoms with van der Waals surface area (Å²) in [5, 5.41) is 0.568. The Balaban J connectivity index is 3.46. The molecule has 1 aromatic rings. The van der Waals surface area contributed by atoms with Gasteiger partial charge in [-0.3, -0.25) is 0 Å². The molecule has 0 atom stereocenters. The Labute approximate surface area is 95.7 Å². The van der Waals surface area contributed by atoms with Gasteiger partial charge in [0.1, 0.15) is 0 Å². The minimum atomic E-state index is -3.48. The van der Waals surface area contributed by atoms with Gasteiger partial charge in [0.15, 0.2) is 0 Å². The van der Waals surface area contributed by atoms with E-state index in [1.165, 1.54) is 7.05 Å². The first-order valence-corrected chi connectivity index (χ1v) is 6.15. The maximum atomic E-state index is 11.8. The normalized spacial score (nSPS) is 12.1. The van der Waals surface area contributed by atoms with E-state index in [0.29, 0.717) is 10.6 Å². The third kappa shape index (κ3) is 2.33. The van der Waals surface area contributed by atoms with Gasteiger partial charge in [-0.15, -0.1) is 0 Å². The summed E-state index contributed by atoms with van der Waals surface area (Å²) in [6, 6.07) is 3.21. The molecule has 0 N–H and O–H groups in total. The Morgan fingerprint density at radius 1 is 1.27 bits per heavy atom. The lowest BCUT2D eigenvalue weighted by Gasteiger charge is -2.14. The maximum Gasteiger partial charge on any atom is 0.243 e. The maximum absolute atomic E-state index is 11.8. The molecule has 0 unspecified atom stereocenters. The lowest BCUT2D eigenvalue weighted by Crippen LogP contribution is -2.21. The third-order valence-electron chi connectivity index (χ3n) is 2.14. The summed E-state index contributed by atoms with van der Waals surface area (Å²) in [7, 11) is 1.31. The standard InChI is InChI=1S/C10H13ClNO2S/c1-7-6-10(8(2)5-9(7)11)15(13,14)12(3)4/h5-6H,3H2,1-2,4H3. The van der Waals surface area contributed by atoms with Gasteiger partial charge in [0.2, 0.25) is 10.0 Å². The number of sulfonamides is 1. The summed E-state index contributed by atoms with van der Waals surface area (Å²) < 4.78 is 24.6. The van der Waals surface area contributed by atoms with Crippen molar-refractivity contribution in [3.8, 4) is 0 Å². The second-order valence-electron chi connectivity index (χ2n) is 3.47. The minimum absolute atomic E-state index is 0.252. The van der Waals surface area contributed by atoms with Crippen molar-refractivity contribution in [2.75, 3.05) is 7.05 Å². The Bertz CT molecular complexity index is 480. The molecule has 3 nitrogen and oxygen atoms in total. The van der Waals surface area contributed by atoms with Crippen molar-refractivity contribution in [3.05, 3.63) is 35.3 Å². The van der Waals surface area contributed by atoms with Crippen LogP contribution < -0.4 is 0 Å². The topological polar surface area (TPSA) is 37.4 Å². The minimum Gasteiger partial charge on any atom is -0.207 e. The fourth-order valence-electron chi connectivity index (χ4n) is 1.20. The monoisotopic (exact) mass is 246 g/mol. The fraction of sp³-hybridized carbons (Fsp3) is 0.300. The van der Waals surface area contributed by atoms with Crippen molar-refractivity contribution in [1.29, 1.82) is 0 Å². The zero-order chi connectivity index (χ0) is 11.8. The summed E-state index contributed by atoms with van der Waals surface area (Å²) >= 11 is 5.89. The van der Waals surface area contributed by atoms with Crippen LogP contribution in [0.5, 0.6) is 0 Å². The zero-order valence-electron chi connectivity index (χ0n) is 8.91. The Morgan fingerprint density at radius 3 is 2.27 bits per heavy atom. The molecular formula is C10H13ClNO2S. The van der Waals surface area contributed by atoms with Gasteiger partial charge in [0.25, 0.3) is 0 Å². The van der Waals surface area contributed by atoms with Gasteiger partial charge in [-0.1, -0.05) is 11.6 Å². The van der Waals surface area contributed by atoms with Gasteiger partial charge in [-0.05, 0) is 37.1 Å². The molecule has 1 radical (unpaired) electrons. The average molecular weight is 247 g/mol. The molecule has 0 aliphatic heterocycles. The molecule has 0 spiro atoms. The van der Waals surface area contributed by atoms with Gasteiger partial charge in [-0.2, -0.15) is 4.31 Å². The van der Waals surface area contributed by atoms with E-state index in [2.05, 4.69) is 7.05 Å². The first-order chi connectivity index (χ1) is 6.76. The van der Waals surface area contributed by atoms with Crippen molar-refractivity contribution >= 4 is 21.6 Å². The summed E-state index contributed by atoms with van der Waals surface area (Å²) in [4.78, 5) is 0.252. The Morgan fingerprint density at radius 2 is 1.80 bits per heavy atom. The van der Waals surface area contributed by atoms with E-state index < -0.39 is 10.0 Å². The number of nitrogens with zero attached hydrogens (tertiary/aromatic N) is 1. The molecular weight excluding hydrogens is 234 g/mol. The quantitative estimate of drug-likeness (QED) is 0.804. The largest absolute Gasteiger partial charge is 0.243 e. The highest BCUT2D eigenvalue weighted by Crippen LogP contribution is 2.25. The second-order valence-corrected chi connectivity index (χ2v) is 5.89. The van der Waals surface area contributed by atoms with Gasteiger partial charge in [-0.25, -0.2) is 8.42 Å². The molecule has 0 amide bonds. The van der Waals surface area contributed by atoms with Crippen molar-refractivity contribution < 1.29 is 8.42 Å². The van der Waals surface area contributed by atoms with E-state index in [-0.39, 0.29) is 4.90 Å². The van der Waals surface area contributed by atoms with Crippen molar-refractivity contribution in [3.63, 3.8) is 0 Å². The molecule has 0 fully saturated rings. The predicted molar refractivity (Wildman–Crippen MR) is 61.2 cm³/mol. The van der Waals surface area contributed by atoms with Gasteiger partial charge < -0.3 is 0 Å². The van der Waals surface area contributed by atoms with Crippen LogP contribution in [0.3, 0.4) is 0 Å². The third-order valence-corrected chi connectivity index (χ3v) is 4.37. The summed E-state index contributed by atoms with van der Waals surface area (Å²) in [6.45, 7) is 3.48. The first-order valence-electron chi connectivity index (χ1n) is 4.33. The lowest BCUT2D eigenvalue weighted by atomic mass is 10.2. The van der Waals surface area contributed by atoms with E-state index >= 15 is 0 Å². The van der Waals surface area contributed by atoms with E-state index in [1.54, 1.807) is 26.0 Å². The van der Waals surface area contributed by atoms with Gasteiger partial charge >= 0.3 is 0 Å². The predicted octanol–water partition coefficient (Wildman–Crippen LogP) is 2.37. The molecule has 0 saturated heterocycles. The lowest BCUT2D eigenvalue weighted by molar-refractivity contribution is 0.536. The van der Waals surface area contributed by atoms with Crippen molar-refractivity contribution in [1.82, 2.24) is 4.31 Å². The van der Waals surface area contributed by atoms with E-state index in [1.807, 2.05) is 0 Å². The van der Waals surface area contributed by atoms with Gasteiger partial charge in [0, 0.05) is 19.1 Å². The van der Waals surface area contributed by atoms with E-state index in [4.69, 9.17) is 11.6 Å². The van der Waals surface area contributed by atoms with Crippen LogP contribution >= 0.6 is 11.6 Å². The molecule has 83 valence electrons. The number of rotatable bonds is 2. The first kappa shape index (κ1) is 12.5. The molecule has 0 heterocycles. The number of hydrogen-bond acceptors (Lipinski definition) is 2. The Hall–Kier alpha value is -0.580. The molecule has 0 aliphatic rings. The molecule has 1 aromatic carbocycles. The number of hydrogen-bond donors (Lipinski definition) is 0.